The van der Waals surface area contributed by atoms with Gasteiger partial charge in [-0.3, -0.25) is 0 Å². The fraction of sp³-hybridized carbons (Fsp3) is 0.250. The molecule has 19 heavy (non-hydrogen) atoms. The maximum Gasteiger partial charge on any atom is 0.132 e. The molecule has 0 fully saturated rings. The Morgan fingerprint density at radius 1 is 1.37 bits per heavy atom. The first-order valence-electron chi connectivity index (χ1n) is 6.03. The van der Waals surface area contributed by atoms with Crippen molar-refractivity contribution in [1.82, 2.24) is 0 Å². The standard InChI is InChI=1S/C14H14BrFO.C2H6/c1-5-6-13(17-4)10(3)14-11(15)7-9(2)8-12(14)16;1-2/h5-8H,1,3H2,2,4H3;1-2H3/b13-6+;. The number of methoxy groups -OCH3 is 1. The quantitative estimate of drug-likeness (QED) is 0.513. The molecule has 0 aliphatic heterocycles. The topological polar surface area (TPSA) is 9.23 Å². The van der Waals surface area contributed by atoms with Gasteiger partial charge in [0.2, 0.25) is 0 Å². The summed E-state index contributed by atoms with van der Waals surface area (Å²) in [6, 6.07) is 3.30. The molecule has 0 aromatic heterocycles. The van der Waals surface area contributed by atoms with E-state index in [1.54, 1.807) is 12.2 Å². The summed E-state index contributed by atoms with van der Waals surface area (Å²) in [6.45, 7) is 13.3. The normalized spacial score (nSPS) is 10.3. The maximum atomic E-state index is 13.9. The number of rotatable bonds is 4. The summed E-state index contributed by atoms with van der Waals surface area (Å²) in [4.78, 5) is 0. The summed E-state index contributed by atoms with van der Waals surface area (Å²) in [7, 11) is 1.51. The van der Waals surface area contributed by atoms with E-state index in [9.17, 15) is 4.39 Å². The SMILES string of the molecule is C=C/C=C(/OC)C(=C)c1c(F)cc(C)cc1Br.CC. The van der Waals surface area contributed by atoms with Crippen molar-refractivity contribution in [2.24, 2.45) is 0 Å². The van der Waals surface area contributed by atoms with Gasteiger partial charge in [0.15, 0.2) is 0 Å². The molecular formula is C16H20BrFO. The first kappa shape index (κ1) is 17.6. The van der Waals surface area contributed by atoms with Crippen LogP contribution in [0.1, 0.15) is 25.0 Å². The predicted octanol–water partition coefficient (Wildman–Crippen LogP) is 5.65. The van der Waals surface area contributed by atoms with Crippen LogP contribution >= 0.6 is 15.9 Å². The Morgan fingerprint density at radius 3 is 2.37 bits per heavy atom. The summed E-state index contributed by atoms with van der Waals surface area (Å²) in [5.41, 5.74) is 1.74. The zero-order valence-electron chi connectivity index (χ0n) is 11.9. The number of ether oxygens (including phenoxy) is 1. The average molecular weight is 327 g/mol. The lowest BCUT2D eigenvalue weighted by atomic mass is 10.0. The van der Waals surface area contributed by atoms with Crippen molar-refractivity contribution in [1.29, 1.82) is 0 Å². The third-order valence-corrected chi connectivity index (χ3v) is 2.90. The van der Waals surface area contributed by atoms with Crippen molar-refractivity contribution in [2.75, 3.05) is 7.11 Å². The molecule has 0 heterocycles. The molecule has 0 saturated heterocycles. The van der Waals surface area contributed by atoms with Crippen molar-refractivity contribution in [3.63, 3.8) is 0 Å². The number of hydrogen-bond acceptors (Lipinski definition) is 1. The molecule has 0 N–H and O–H groups in total. The van der Waals surface area contributed by atoms with Crippen LogP contribution in [0.3, 0.4) is 0 Å². The number of halogens is 2. The summed E-state index contributed by atoms with van der Waals surface area (Å²) >= 11 is 3.34. The highest BCUT2D eigenvalue weighted by Gasteiger charge is 2.14. The molecule has 1 aromatic carbocycles. The molecule has 0 unspecified atom stereocenters. The molecule has 104 valence electrons. The first-order valence-corrected chi connectivity index (χ1v) is 6.82. The molecule has 0 radical (unpaired) electrons. The van der Waals surface area contributed by atoms with E-state index in [1.165, 1.54) is 13.2 Å². The van der Waals surface area contributed by atoms with E-state index >= 15 is 0 Å². The Morgan fingerprint density at radius 2 is 1.95 bits per heavy atom. The van der Waals surface area contributed by atoms with E-state index in [0.29, 0.717) is 21.4 Å². The van der Waals surface area contributed by atoms with Crippen molar-refractivity contribution in [3.05, 3.63) is 64.6 Å². The predicted molar refractivity (Wildman–Crippen MR) is 84.5 cm³/mol. The van der Waals surface area contributed by atoms with E-state index in [0.717, 1.165) is 5.56 Å². The molecule has 3 heteroatoms. The number of aryl methyl sites for hydroxylation is 1. The molecule has 0 amide bonds. The van der Waals surface area contributed by atoms with Gasteiger partial charge in [-0.25, -0.2) is 4.39 Å². The molecule has 1 aromatic rings. The molecule has 0 saturated carbocycles. The van der Waals surface area contributed by atoms with Gasteiger partial charge in [-0.15, -0.1) is 0 Å². The van der Waals surface area contributed by atoms with Gasteiger partial charge in [0.05, 0.1) is 7.11 Å². The van der Waals surface area contributed by atoms with Gasteiger partial charge in [-0.2, -0.15) is 0 Å². The van der Waals surface area contributed by atoms with E-state index in [4.69, 9.17) is 4.74 Å². The van der Waals surface area contributed by atoms with Gasteiger partial charge >= 0.3 is 0 Å². The lowest BCUT2D eigenvalue weighted by Crippen LogP contribution is -1.97. The fourth-order valence-corrected chi connectivity index (χ4v) is 2.30. The second-order valence-electron chi connectivity index (χ2n) is 3.55. The monoisotopic (exact) mass is 326 g/mol. The Balaban J connectivity index is 0.00000154. The zero-order chi connectivity index (χ0) is 15.0. The van der Waals surface area contributed by atoms with E-state index in [2.05, 4.69) is 29.1 Å². The average Bonchev–Trinajstić information content (AvgIpc) is 2.36. The second kappa shape index (κ2) is 8.70. The van der Waals surface area contributed by atoms with Crippen molar-refractivity contribution >= 4 is 21.5 Å². The zero-order valence-corrected chi connectivity index (χ0v) is 13.5. The summed E-state index contributed by atoms with van der Waals surface area (Å²) in [6.07, 6.45) is 3.22. The number of benzene rings is 1. The summed E-state index contributed by atoms with van der Waals surface area (Å²) in [5.74, 6) is 0.164. The molecule has 0 atom stereocenters. The van der Waals surface area contributed by atoms with E-state index < -0.39 is 0 Å². The van der Waals surface area contributed by atoms with E-state index in [-0.39, 0.29) is 5.82 Å². The summed E-state index contributed by atoms with van der Waals surface area (Å²) in [5, 5.41) is 0. The number of allylic oxidation sites excluding steroid dienone is 3. The van der Waals surface area contributed by atoms with Gasteiger partial charge in [-0.05, 0) is 30.7 Å². The van der Waals surface area contributed by atoms with Gasteiger partial charge < -0.3 is 4.74 Å². The van der Waals surface area contributed by atoms with Crippen LogP contribution in [0.2, 0.25) is 0 Å². The molecule has 0 aliphatic carbocycles. The lowest BCUT2D eigenvalue weighted by molar-refractivity contribution is 0.311. The van der Waals surface area contributed by atoms with Gasteiger partial charge in [-0.1, -0.05) is 49.0 Å². The summed E-state index contributed by atoms with van der Waals surface area (Å²) < 4.78 is 19.7. The molecule has 1 rings (SSSR count). The maximum absolute atomic E-state index is 13.9. The van der Waals surface area contributed by atoms with Crippen molar-refractivity contribution in [3.8, 4) is 0 Å². The van der Waals surface area contributed by atoms with Gasteiger partial charge in [0.1, 0.15) is 11.6 Å². The minimum Gasteiger partial charge on any atom is -0.496 e. The van der Waals surface area contributed by atoms with Crippen LogP contribution in [0.15, 0.2) is 47.7 Å². The van der Waals surface area contributed by atoms with Crippen LogP contribution < -0.4 is 0 Å². The smallest absolute Gasteiger partial charge is 0.132 e. The molecular weight excluding hydrogens is 307 g/mol. The minimum atomic E-state index is -0.325. The van der Waals surface area contributed by atoms with Gasteiger partial charge in [0.25, 0.3) is 0 Å². The van der Waals surface area contributed by atoms with Crippen LogP contribution in [-0.2, 0) is 4.74 Å². The highest BCUT2D eigenvalue weighted by molar-refractivity contribution is 9.10. The molecule has 0 bridgehead atoms. The number of hydrogen-bond donors (Lipinski definition) is 0. The minimum absolute atomic E-state index is 0.325. The largest absolute Gasteiger partial charge is 0.496 e. The molecule has 1 nitrogen and oxygen atoms in total. The van der Waals surface area contributed by atoms with E-state index in [1.807, 2.05) is 26.8 Å². The van der Waals surface area contributed by atoms with Crippen LogP contribution in [-0.4, -0.2) is 7.11 Å². The Hall–Kier alpha value is -1.35. The highest BCUT2D eigenvalue weighted by Crippen LogP contribution is 2.31. The first-order chi connectivity index (χ1) is 9.01. The van der Waals surface area contributed by atoms with Crippen LogP contribution in [0.4, 0.5) is 4.39 Å². The van der Waals surface area contributed by atoms with Gasteiger partial charge in [0, 0.05) is 15.6 Å². The van der Waals surface area contributed by atoms with Crippen molar-refractivity contribution < 1.29 is 9.13 Å². The second-order valence-corrected chi connectivity index (χ2v) is 4.41. The van der Waals surface area contributed by atoms with Crippen molar-refractivity contribution in [2.45, 2.75) is 20.8 Å². The Kier molecular flexibility index (Phi) is 8.08. The van der Waals surface area contributed by atoms with Crippen LogP contribution in [0.25, 0.3) is 5.57 Å². The third kappa shape index (κ3) is 4.67. The Bertz CT molecular complexity index is 467. The van der Waals surface area contributed by atoms with Crippen LogP contribution in [0.5, 0.6) is 0 Å². The highest BCUT2D eigenvalue weighted by atomic mass is 79.9. The third-order valence-electron chi connectivity index (χ3n) is 2.27. The fourth-order valence-electron chi connectivity index (χ4n) is 1.51. The lowest BCUT2D eigenvalue weighted by Gasteiger charge is -2.12. The Labute approximate surface area is 123 Å². The molecule has 0 spiro atoms. The molecule has 0 aliphatic rings. The van der Waals surface area contributed by atoms with Crippen LogP contribution in [0, 0.1) is 12.7 Å².